The normalized spacial score (nSPS) is 13.7. The lowest BCUT2D eigenvalue weighted by Gasteiger charge is -2.07. The first kappa shape index (κ1) is 18.9. The van der Waals surface area contributed by atoms with Crippen molar-refractivity contribution in [3.8, 4) is 0 Å². The Kier molecular flexibility index (Phi) is 4.66. The number of rotatable bonds is 4. The van der Waals surface area contributed by atoms with E-state index in [9.17, 15) is 26.3 Å². The quantitative estimate of drug-likeness (QED) is 0.631. The molecule has 0 aliphatic carbocycles. The van der Waals surface area contributed by atoms with Crippen molar-refractivity contribution < 1.29 is 30.9 Å². The molecule has 3 aromatic rings. The van der Waals surface area contributed by atoms with E-state index >= 15 is 0 Å². The molecule has 0 bridgehead atoms. The van der Waals surface area contributed by atoms with E-state index in [1.807, 2.05) is 0 Å². The van der Waals surface area contributed by atoms with Gasteiger partial charge in [0.2, 0.25) is 0 Å². The maximum atomic E-state index is 12.6. The topological polar surface area (TPSA) is 69.6 Å². The Balaban J connectivity index is 1.72. The molecule has 1 atom stereocenters. The lowest BCUT2D eigenvalue weighted by molar-refractivity contribution is -0.142. The van der Waals surface area contributed by atoms with Crippen LogP contribution in [-0.4, -0.2) is 24.9 Å². The minimum Gasteiger partial charge on any atom is -0.337 e. The van der Waals surface area contributed by atoms with Crippen LogP contribution in [0.25, 0.3) is 0 Å². The summed E-state index contributed by atoms with van der Waals surface area (Å²) in [6, 6.07) is 2.13. The second-order valence-electron chi connectivity index (χ2n) is 5.63. The third kappa shape index (κ3) is 4.26. The van der Waals surface area contributed by atoms with Gasteiger partial charge in [-0.2, -0.15) is 36.4 Å². The zero-order valence-electron chi connectivity index (χ0n) is 13.6. The molecule has 3 heterocycles. The van der Waals surface area contributed by atoms with Crippen LogP contribution in [0.15, 0.2) is 35.1 Å². The molecular weight excluding hydrogens is 380 g/mol. The van der Waals surface area contributed by atoms with Crippen LogP contribution in [-0.2, 0) is 18.8 Å². The van der Waals surface area contributed by atoms with Gasteiger partial charge in [0.05, 0.1) is 0 Å². The van der Waals surface area contributed by atoms with E-state index in [0.29, 0.717) is 5.56 Å². The minimum atomic E-state index is -4.57. The van der Waals surface area contributed by atoms with Crippen molar-refractivity contribution in [1.29, 1.82) is 0 Å². The van der Waals surface area contributed by atoms with Crippen LogP contribution in [0.5, 0.6) is 0 Å². The van der Waals surface area contributed by atoms with Gasteiger partial charge in [-0.3, -0.25) is 9.67 Å². The molecule has 6 nitrogen and oxygen atoms in total. The van der Waals surface area contributed by atoms with Crippen molar-refractivity contribution in [3.63, 3.8) is 0 Å². The van der Waals surface area contributed by atoms with E-state index < -0.39 is 29.8 Å². The number of aromatic nitrogens is 5. The fourth-order valence-corrected chi connectivity index (χ4v) is 2.21. The summed E-state index contributed by atoms with van der Waals surface area (Å²) in [4.78, 5) is 7.38. The third-order valence-electron chi connectivity index (χ3n) is 3.61. The molecule has 0 saturated heterocycles. The van der Waals surface area contributed by atoms with Crippen molar-refractivity contribution in [2.24, 2.45) is 0 Å². The average Bonchev–Trinajstić information content (AvgIpc) is 3.23. The Bertz CT molecular complexity index is 912. The number of halogens is 6. The van der Waals surface area contributed by atoms with E-state index in [1.165, 1.54) is 13.0 Å². The van der Waals surface area contributed by atoms with Crippen molar-refractivity contribution in [2.45, 2.75) is 31.7 Å². The van der Waals surface area contributed by atoms with Gasteiger partial charge in [-0.15, -0.1) is 0 Å². The average molecular weight is 391 g/mol. The lowest BCUT2D eigenvalue weighted by Crippen LogP contribution is -2.11. The van der Waals surface area contributed by atoms with Gasteiger partial charge in [-0.05, 0) is 24.6 Å². The van der Waals surface area contributed by atoms with Crippen molar-refractivity contribution >= 4 is 0 Å². The monoisotopic (exact) mass is 391 g/mol. The largest absolute Gasteiger partial charge is 0.435 e. The molecule has 0 spiro atoms. The first-order valence-electron chi connectivity index (χ1n) is 7.51. The maximum absolute atomic E-state index is 12.6. The van der Waals surface area contributed by atoms with Gasteiger partial charge in [-0.1, -0.05) is 11.2 Å². The number of nitrogens with zero attached hydrogens (tertiary/aromatic N) is 5. The van der Waals surface area contributed by atoms with Crippen molar-refractivity contribution in [3.05, 3.63) is 59.3 Å². The molecule has 1 unspecified atom stereocenters. The highest BCUT2D eigenvalue weighted by atomic mass is 19.4. The SMILES string of the molecule is CC(c1nc(Cc2ccc(C(F)(F)F)nc2)no1)n1ccc(C(F)(F)F)n1. The van der Waals surface area contributed by atoms with Crippen LogP contribution in [0.4, 0.5) is 26.3 Å². The van der Waals surface area contributed by atoms with Crippen LogP contribution in [0.2, 0.25) is 0 Å². The Hall–Kier alpha value is -2.92. The van der Waals surface area contributed by atoms with Gasteiger partial charge in [0.25, 0.3) is 5.89 Å². The molecule has 3 aromatic heterocycles. The highest BCUT2D eigenvalue weighted by Crippen LogP contribution is 2.29. The van der Waals surface area contributed by atoms with Crippen molar-refractivity contribution in [2.75, 3.05) is 0 Å². The van der Waals surface area contributed by atoms with Gasteiger partial charge in [0.1, 0.15) is 11.7 Å². The molecule has 0 fully saturated rings. The Morgan fingerprint density at radius 3 is 2.30 bits per heavy atom. The molecule has 0 aliphatic heterocycles. The summed E-state index contributed by atoms with van der Waals surface area (Å²) in [6.45, 7) is 1.52. The highest BCUT2D eigenvalue weighted by Gasteiger charge is 2.34. The van der Waals surface area contributed by atoms with Crippen LogP contribution < -0.4 is 0 Å². The molecule has 0 N–H and O–H groups in total. The number of pyridine rings is 1. The molecular formula is C15H11F6N5O. The number of alkyl halides is 6. The van der Waals surface area contributed by atoms with Crippen molar-refractivity contribution in [1.82, 2.24) is 24.9 Å². The van der Waals surface area contributed by atoms with Gasteiger partial charge in [-0.25, -0.2) is 0 Å². The maximum Gasteiger partial charge on any atom is 0.435 e. The van der Waals surface area contributed by atoms with Crippen LogP contribution in [0.1, 0.15) is 41.6 Å². The second-order valence-corrected chi connectivity index (χ2v) is 5.63. The summed E-state index contributed by atoms with van der Waals surface area (Å²) >= 11 is 0. The molecule has 27 heavy (non-hydrogen) atoms. The summed E-state index contributed by atoms with van der Waals surface area (Å²) in [5.41, 5.74) is -1.65. The first-order valence-corrected chi connectivity index (χ1v) is 7.51. The fraction of sp³-hybridized carbons (Fsp3) is 0.333. The van der Waals surface area contributed by atoms with Gasteiger partial charge < -0.3 is 4.52 Å². The molecule has 0 aromatic carbocycles. The third-order valence-corrected chi connectivity index (χ3v) is 3.61. The molecule has 0 aliphatic rings. The fourth-order valence-electron chi connectivity index (χ4n) is 2.21. The van der Waals surface area contributed by atoms with Gasteiger partial charge in [0, 0.05) is 18.8 Å². The van der Waals surface area contributed by atoms with E-state index in [2.05, 4.69) is 20.2 Å². The molecule has 0 amide bonds. The van der Waals surface area contributed by atoms with E-state index in [1.54, 1.807) is 0 Å². The molecule has 3 rings (SSSR count). The Morgan fingerprint density at radius 1 is 1.04 bits per heavy atom. The Labute approximate surface area is 147 Å². The Morgan fingerprint density at radius 2 is 1.74 bits per heavy atom. The summed E-state index contributed by atoms with van der Waals surface area (Å²) < 4.78 is 81.4. The van der Waals surface area contributed by atoms with Gasteiger partial charge in [0.15, 0.2) is 11.5 Å². The predicted octanol–water partition coefficient (Wildman–Crippen LogP) is 3.90. The zero-order valence-corrected chi connectivity index (χ0v) is 13.6. The zero-order chi connectivity index (χ0) is 19.8. The summed E-state index contributed by atoms with van der Waals surface area (Å²) in [6.07, 6.45) is -6.87. The van der Waals surface area contributed by atoms with Gasteiger partial charge >= 0.3 is 12.4 Å². The van der Waals surface area contributed by atoms with Crippen LogP contribution >= 0.6 is 0 Å². The first-order chi connectivity index (χ1) is 12.5. The molecule has 0 radical (unpaired) electrons. The van der Waals surface area contributed by atoms with E-state index in [4.69, 9.17) is 4.52 Å². The van der Waals surface area contributed by atoms with Crippen LogP contribution in [0, 0.1) is 0 Å². The molecule has 0 saturated carbocycles. The van der Waals surface area contributed by atoms with E-state index in [-0.39, 0.29) is 18.1 Å². The number of hydrogen-bond acceptors (Lipinski definition) is 5. The predicted molar refractivity (Wildman–Crippen MR) is 77.4 cm³/mol. The standard InChI is InChI=1S/C15H11F6N5O/c1-8(26-5-4-11(24-26)15(19,20)21)13-23-12(25-27-13)6-9-2-3-10(22-7-9)14(16,17)18/h2-5,7-8H,6H2,1H3. The summed E-state index contributed by atoms with van der Waals surface area (Å²) in [5.74, 6) is 0.170. The summed E-state index contributed by atoms with van der Waals surface area (Å²) in [5, 5.41) is 7.12. The smallest absolute Gasteiger partial charge is 0.337 e. The summed E-state index contributed by atoms with van der Waals surface area (Å²) in [7, 11) is 0. The highest BCUT2D eigenvalue weighted by molar-refractivity contribution is 5.19. The molecule has 12 heteroatoms. The van der Waals surface area contributed by atoms with Crippen LogP contribution in [0.3, 0.4) is 0 Å². The second kappa shape index (κ2) is 6.67. The lowest BCUT2D eigenvalue weighted by atomic mass is 10.2. The number of hydrogen-bond donors (Lipinski definition) is 0. The minimum absolute atomic E-state index is 0.0155. The van der Waals surface area contributed by atoms with E-state index in [0.717, 1.165) is 29.2 Å². The molecule has 144 valence electrons.